The molecule has 6 heteroatoms. The van der Waals surface area contributed by atoms with E-state index < -0.39 is 11.6 Å². The van der Waals surface area contributed by atoms with E-state index in [1.807, 2.05) is 0 Å². The van der Waals surface area contributed by atoms with Gasteiger partial charge < -0.3 is 4.98 Å². The molecule has 1 aromatic carbocycles. The van der Waals surface area contributed by atoms with E-state index in [4.69, 9.17) is 5.14 Å². The number of aromatic amines is 1. The standard InChI is InChI=1S/C7H5F2N3S/c8-3-1-5-6(2-4(3)9)12-7(11-5)13-10/h1-2H,10H2,(H,11,12). The lowest BCUT2D eigenvalue weighted by Gasteiger charge is -1.90. The van der Waals surface area contributed by atoms with Crippen LogP contribution in [0.1, 0.15) is 0 Å². The molecule has 0 bridgehead atoms. The summed E-state index contributed by atoms with van der Waals surface area (Å²) in [5, 5.41) is 5.66. The van der Waals surface area contributed by atoms with Gasteiger partial charge in [-0.3, -0.25) is 5.14 Å². The van der Waals surface area contributed by atoms with Gasteiger partial charge in [-0.25, -0.2) is 13.8 Å². The number of hydrogen-bond donors (Lipinski definition) is 2. The van der Waals surface area contributed by atoms with Gasteiger partial charge in [0.15, 0.2) is 16.8 Å². The number of benzene rings is 1. The molecular weight excluding hydrogens is 196 g/mol. The fraction of sp³-hybridized carbons (Fsp3) is 0. The lowest BCUT2D eigenvalue weighted by atomic mass is 10.3. The number of hydrogen-bond acceptors (Lipinski definition) is 3. The average molecular weight is 201 g/mol. The minimum Gasteiger partial charge on any atom is -0.332 e. The third kappa shape index (κ3) is 1.38. The van der Waals surface area contributed by atoms with Crippen molar-refractivity contribution in [3.05, 3.63) is 23.8 Å². The molecular formula is C7H5F2N3S. The van der Waals surface area contributed by atoms with Gasteiger partial charge in [0.25, 0.3) is 0 Å². The fourth-order valence-corrected chi connectivity index (χ4v) is 1.36. The number of nitrogens with zero attached hydrogens (tertiary/aromatic N) is 1. The smallest absolute Gasteiger partial charge is 0.181 e. The molecule has 1 heterocycles. The Balaban J connectivity index is 2.70. The summed E-state index contributed by atoms with van der Waals surface area (Å²) in [5.74, 6) is -1.81. The van der Waals surface area contributed by atoms with Crippen molar-refractivity contribution in [2.45, 2.75) is 5.16 Å². The second-order valence-corrected chi connectivity index (χ2v) is 3.07. The van der Waals surface area contributed by atoms with Crippen molar-refractivity contribution in [1.82, 2.24) is 9.97 Å². The molecule has 0 atom stereocenters. The second-order valence-electron chi connectivity index (χ2n) is 2.44. The monoisotopic (exact) mass is 201 g/mol. The summed E-state index contributed by atoms with van der Waals surface area (Å²) in [6, 6.07) is 2.08. The molecule has 0 aliphatic carbocycles. The van der Waals surface area contributed by atoms with Crippen molar-refractivity contribution in [2.75, 3.05) is 0 Å². The molecule has 1 aromatic heterocycles. The van der Waals surface area contributed by atoms with Crippen LogP contribution in [0.15, 0.2) is 17.3 Å². The predicted octanol–water partition coefficient (Wildman–Crippen LogP) is 1.81. The molecule has 0 aliphatic heterocycles. The Labute approximate surface area is 76.5 Å². The van der Waals surface area contributed by atoms with Crippen LogP contribution in [0.25, 0.3) is 11.0 Å². The van der Waals surface area contributed by atoms with E-state index in [9.17, 15) is 8.78 Å². The van der Waals surface area contributed by atoms with Crippen molar-refractivity contribution >= 4 is 23.0 Å². The first-order valence-corrected chi connectivity index (χ1v) is 4.30. The van der Waals surface area contributed by atoms with E-state index in [1.54, 1.807) is 0 Å². The van der Waals surface area contributed by atoms with Crippen LogP contribution in [0.4, 0.5) is 8.78 Å². The van der Waals surface area contributed by atoms with Crippen molar-refractivity contribution in [3.63, 3.8) is 0 Å². The first kappa shape index (κ1) is 8.46. The number of halogens is 2. The second kappa shape index (κ2) is 2.97. The molecule has 2 aromatic rings. The van der Waals surface area contributed by atoms with Crippen LogP contribution in [0.3, 0.4) is 0 Å². The van der Waals surface area contributed by atoms with Crippen molar-refractivity contribution in [2.24, 2.45) is 5.14 Å². The van der Waals surface area contributed by atoms with Gasteiger partial charge in [0.1, 0.15) is 0 Å². The predicted molar refractivity (Wildman–Crippen MR) is 46.1 cm³/mol. The van der Waals surface area contributed by atoms with Gasteiger partial charge in [0, 0.05) is 12.1 Å². The molecule has 0 fully saturated rings. The summed E-state index contributed by atoms with van der Waals surface area (Å²) in [6.45, 7) is 0. The number of nitrogens with two attached hydrogens (primary N) is 1. The normalized spacial score (nSPS) is 11.0. The Morgan fingerprint density at radius 2 is 2.00 bits per heavy atom. The SMILES string of the molecule is NSc1nc2cc(F)c(F)cc2[nH]1. The topological polar surface area (TPSA) is 54.7 Å². The molecule has 2 rings (SSSR count). The molecule has 13 heavy (non-hydrogen) atoms. The van der Waals surface area contributed by atoms with Crippen molar-refractivity contribution in [1.29, 1.82) is 0 Å². The molecule has 0 amide bonds. The van der Waals surface area contributed by atoms with Gasteiger partial charge in [-0.15, -0.1) is 0 Å². The number of rotatable bonds is 1. The molecule has 0 saturated carbocycles. The van der Waals surface area contributed by atoms with Gasteiger partial charge in [-0.1, -0.05) is 0 Å². The zero-order valence-electron chi connectivity index (χ0n) is 6.34. The van der Waals surface area contributed by atoms with E-state index in [0.29, 0.717) is 16.2 Å². The molecule has 0 unspecified atom stereocenters. The van der Waals surface area contributed by atoms with Crippen LogP contribution in [0, 0.1) is 11.6 Å². The number of nitrogens with one attached hydrogen (secondary N) is 1. The maximum atomic E-state index is 12.7. The Morgan fingerprint density at radius 3 is 2.69 bits per heavy atom. The lowest BCUT2D eigenvalue weighted by molar-refractivity contribution is 0.510. The van der Waals surface area contributed by atoms with Crippen LogP contribution < -0.4 is 5.14 Å². The third-order valence-electron chi connectivity index (χ3n) is 1.61. The van der Waals surface area contributed by atoms with Gasteiger partial charge in [0.05, 0.1) is 11.0 Å². The van der Waals surface area contributed by atoms with E-state index >= 15 is 0 Å². The zero-order chi connectivity index (χ0) is 9.42. The van der Waals surface area contributed by atoms with Gasteiger partial charge in [-0.2, -0.15) is 0 Å². The van der Waals surface area contributed by atoms with Gasteiger partial charge in [0.2, 0.25) is 0 Å². The maximum absolute atomic E-state index is 12.7. The molecule has 68 valence electrons. The van der Waals surface area contributed by atoms with Crippen LogP contribution in [0.5, 0.6) is 0 Å². The lowest BCUT2D eigenvalue weighted by Crippen LogP contribution is -1.82. The highest BCUT2D eigenvalue weighted by atomic mass is 32.2. The fourth-order valence-electron chi connectivity index (χ4n) is 1.04. The Kier molecular flexibility index (Phi) is 1.93. The van der Waals surface area contributed by atoms with Crippen LogP contribution in [-0.4, -0.2) is 9.97 Å². The molecule has 0 spiro atoms. The average Bonchev–Trinajstić information content (AvgIpc) is 2.48. The minimum absolute atomic E-state index is 0.367. The van der Waals surface area contributed by atoms with Gasteiger partial charge in [-0.05, 0) is 11.9 Å². The minimum atomic E-state index is -0.910. The van der Waals surface area contributed by atoms with Crippen LogP contribution in [-0.2, 0) is 0 Å². The van der Waals surface area contributed by atoms with Gasteiger partial charge >= 0.3 is 0 Å². The number of imidazole rings is 1. The maximum Gasteiger partial charge on any atom is 0.181 e. The van der Waals surface area contributed by atoms with E-state index in [0.717, 1.165) is 24.1 Å². The summed E-state index contributed by atoms with van der Waals surface area (Å²) in [4.78, 5) is 6.64. The summed E-state index contributed by atoms with van der Waals surface area (Å²) in [7, 11) is 0. The Morgan fingerprint density at radius 1 is 1.31 bits per heavy atom. The van der Waals surface area contributed by atoms with Crippen molar-refractivity contribution in [3.8, 4) is 0 Å². The number of aromatic nitrogens is 2. The molecule has 3 N–H and O–H groups in total. The Hall–Kier alpha value is -1.14. The largest absolute Gasteiger partial charge is 0.332 e. The number of fused-ring (bicyclic) bond motifs is 1. The highest BCUT2D eigenvalue weighted by molar-refractivity contribution is 7.96. The van der Waals surface area contributed by atoms with E-state index in [2.05, 4.69) is 9.97 Å². The van der Waals surface area contributed by atoms with Crippen LogP contribution in [0.2, 0.25) is 0 Å². The van der Waals surface area contributed by atoms with E-state index in [-0.39, 0.29) is 0 Å². The van der Waals surface area contributed by atoms with Crippen LogP contribution >= 0.6 is 11.9 Å². The highest BCUT2D eigenvalue weighted by Gasteiger charge is 2.07. The molecule has 0 saturated heterocycles. The quantitative estimate of drug-likeness (QED) is 0.692. The Bertz CT molecular complexity index is 415. The summed E-state index contributed by atoms with van der Waals surface area (Å²) >= 11 is 0.895. The summed E-state index contributed by atoms with van der Waals surface area (Å²) in [5.41, 5.74) is 0.804. The first-order chi connectivity index (χ1) is 6.20. The van der Waals surface area contributed by atoms with Crippen molar-refractivity contribution < 1.29 is 8.78 Å². The van der Waals surface area contributed by atoms with E-state index in [1.165, 1.54) is 0 Å². The molecule has 3 nitrogen and oxygen atoms in total. The first-order valence-electron chi connectivity index (χ1n) is 3.42. The summed E-state index contributed by atoms with van der Waals surface area (Å²) in [6.07, 6.45) is 0. The zero-order valence-corrected chi connectivity index (χ0v) is 7.16. The highest BCUT2D eigenvalue weighted by Crippen LogP contribution is 2.18. The third-order valence-corrected chi connectivity index (χ3v) is 2.03. The summed E-state index contributed by atoms with van der Waals surface area (Å²) < 4.78 is 25.4. The molecule has 0 radical (unpaired) electrons. The molecule has 0 aliphatic rings. The number of H-pyrrole nitrogens is 1.